The van der Waals surface area contributed by atoms with Crippen LogP contribution in [0.4, 0.5) is 5.69 Å². The van der Waals surface area contributed by atoms with Gasteiger partial charge in [-0.2, -0.15) is 0 Å². The maximum absolute atomic E-state index is 12.7. The fraction of sp³-hybridized carbons (Fsp3) is 0.136. The molecule has 1 amide bonds. The summed E-state index contributed by atoms with van der Waals surface area (Å²) in [6.07, 6.45) is 0. The van der Waals surface area contributed by atoms with Gasteiger partial charge in [0, 0.05) is 10.9 Å². The van der Waals surface area contributed by atoms with E-state index < -0.39 is 0 Å². The summed E-state index contributed by atoms with van der Waals surface area (Å²) in [5.74, 6) is -0.234. The van der Waals surface area contributed by atoms with Crippen molar-refractivity contribution in [2.45, 2.75) is 19.0 Å². The number of phenolic OH excluding ortho intramolecular Hbond substituents is 1. The van der Waals surface area contributed by atoms with Gasteiger partial charge in [-0.25, -0.2) is 4.98 Å². The van der Waals surface area contributed by atoms with Gasteiger partial charge in [-0.3, -0.25) is 9.59 Å². The summed E-state index contributed by atoms with van der Waals surface area (Å²) in [7, 11) is 0. The molecule has 4 rings (SSSR count). The highest BCUT2D eigenvalue weighted by molar-refractivity contribution is 7.99. The van der Waals surface area contributed by atoms with E-state index in [1.807, 2.05) is 43.5 Å². The summed E-state index contributed by atoms with van der Waals surface area (Å²) in [6, 6.07) is 13.0. The van der Waals surface area contributed by atoms with Crippen molar-refractivity contribution < 1.29 is 9.90 Å². The molecule has 4 aromatic rings. The largest absolute Gasteiger partial charge is 0.506 e. The van der Waals surface area contributed by atoms with Crippen LogP contribution in [0.15, 0.2) is 57.8 Å². The van der Waals surface area contributed by atoms with Gasteiger partial charge in [-0.1, -0.05) is 47.7 Å². The molecule has 0 spiro atoms. The Kier molecular flexibility index (Phi) is 5.61. The van der Waals surface area contributed by atoms with E-state index in [1.54, 1.807) is 12.1 Å². The molecule has 0 bridgehead atoms. The number of aromatic amines is 1. The lowest BCUT2D eigenvalue weighted by Gasteiger charge is -2.08. The number of fused-ring (bicyclic) bond motifs is 1. The van der Waals surface area contributed by atoms with Crippen molar-refractivity contribution in [3.05, 3.63) is 69.3 Å². The number of aromatic nitrogens is 2. The summed E-state index contributed by atoms with van der Waals surface area (Å²) >= 11 is 2.54. The van der Waals surface area contributed by atoms with Crippen molar-refractivity contribution in [1.82, 2.24) is 9.97 Å². The SMILES string of the molecule is Cc1ccc(-c2csc3nc(SCC(=O)Nc4cc(C)ccc4O)[nH]c(=O)c23)cc1. The summed E-state index contributed by atoms with van der Waals surface area (Å²) < 4.78 is 0. The van der Waals surface area contributed by atoms with E-state index in [1.165, 1.54) is 17.4 Å². The lowest BCUT2D eigenvalue weighted by atomic mass is 10.1. The Morgan fingerprint density at radius 1 is 1.17 bits per heavy atom. The lowest BCUT2D eigenvalue weighted by molar-refractivity contribution is -0.113. The Bertz CT molecular complexity index is 1290. The van der Waals surface area contributed by atoms with Gasteiger partial charge in [0.2, 0.25) is 5.91 Å². The normalized spacial score (nSPS) is 11.0. The predicted molar refractivity (Wildman–Crippen MR) is 123 cm³/mol. The van der Waals surface area contributed by atoms with Crippen molar-refractivity contribution in [2.24, 2.45) is 0 Å². The van der Waals surface area contributed by atoms with Crippen LogP contribution in [0.5, 0.6) is 5.75 Å². The zero-order valence-corrected chi connectivity index (χ0v) is 18.0. The number of aryl methyl sites for hydroxylation is 2. The highest BCUT2D eigenvalue weighted by Gasteiger charge is 2.14. The molecule has 2 heterocycles. The van der Waals surface area contributed by atoms with Crippen LogP contribution in [0.25, 0.3) is 21.3 Å². The third-order valence-corrected chi connectivity index (χ3v) is 6.30. The van der Waals surface area contributed by atoms with Crippen molar-refractivity contribution in [1.29, 1.82) is 0 Å². The van der Waals surface area contributed by atoms with E-state index >= 15 is 0 Å². The second-order valence-corrected chi connectivity index (χ2v) is 8.75. The van der Waals surface area contributed by atoms with Crippen molar-refractivity contribution in [2.75, 3.05) is 11.1 Å². The van der Waals surface area contributed by atoms with Gasteiger partial charge < -0.3 is 15.4 Å². The number of benzene rings is 2. The Labute approximate surface area is 181 Å². The van der Waals surface area contributed by atoms with Crippen LogP contribution in [0.3, 0.4) is 0 Å². The Hall–Kier alpha value is -3.10. The van der Waals surface area contributed by atoms with Gasteiger partial charge in [-0.05, 0) is 37.1 Å². The van der Waals surface area contributed by atoms with Gasteiger partial charge in [0.05, 0.1) is 16.8 Å². The van der Waals surface area contributed by atoms with Crippen molar-refractivity contribution >= 4 is 44.9 Å². The van der Waals surface area contributed by atoms with Crippen molar-refractivity contribution in [3.8, 4) is 16.9 Å². The first kappa shape index (κ1) is 20.2. The molecule has 0 aliphatic heterocycles. The first-order valence-corrected chi connectivity index (χ1v) is 11.1. The number of nitrogens with one attached hydrogen (secondary N) is 2. The van der Waals surface area contributed by atoms with Gasteiger partial charge in [0.25, 0.3) is 5.56 Å². The first-order chi connectivity index (χ1) is 14.4. The summed E-state index contributed by atoms with van der Waals surface area (Å²) in [5.41, 5.74) is 4.04. The average molecular weight is 438 g/mol. The fourth-order valence-corrected chi connectivity index (χ4v) is 4.68. The topological polar surface area (TPSA) is 95.1 Å². The van der Waals surface area contributed by atoms with E-state index in [9.17, 15) is 14.7 Å². The summed E-state index contributed by atoms with van der Waals surface area (Å²) in [4.78, 5) is 32.9. The monoisotopic (exact) mass is 437 g/mol. The average Bonchev–Trinajstić information content (AvgIpc) is 3.14. The molecule has 0 unspecified atom stereocenters. The lowest BCUT2D eigenvalue weighted by Crippen LogP contribution is -2.15. The van der Waals surface area contributed by atoms with E-state index in [0.717, 1.165) is 34.0 Å². The van der Waals surface area contributed by atoms with Crippen LogP contribution < -0.4 is 10.9 Å². The standard InChI is InChI=1S/C22H19N3O3S2/c1-12-3-6-14(7-4-12)15-10-29-21-19(15)20(28)24-22(25-21)30-11-18(27)23-16-9-13(2)5-8-17(16)26/h3-10,26H,11H2,1-2H3,(H,23,27)(H,24,25,28). The number of hydrogen-bond acceptors (Lipinski definition) is 6. The van der Waals surface area contributed by atoms with Crippen LogP contribution in [-0.4, -0.2) is 26.7 Å². The molecule has 8 heteroatoms. The minimum atomic E-state index is -0.296. The Morgan fingerprint density at radius 3 is 2.67 bits per heavy atom. The van der Waals surface area contributed by atoms with E-state index in [4.69, 9.17) is 0 Å². The summed E-state index contributed by atoms with van der Waals surface area (Å²) in [5, 5.41) is 15.4. The molecule has 3 N–H and O–H groups in total. The molecule has 2 aromatic heterocycles. The highest BCUT2D eigenvalue weighted by Crippen LogP contribution is 2.31. The second kappa shape index (κ2) is 8.33. The Morgan fingerprint density at radius 2 is 1.90 bits per heavy atom. The number of anilines is 1. The highest BCUT2D eigenvalue weighted by atomic mass is 32.2. The third kappa shape index (κ3) is 4.24. The number of H-pyrrole nitrogens is 1. The minimum absolute atomic E-state index is 0.00845. The minimum Gasteiger partial charge on any atom is -0.506 e. The van der Waals surface area contributed by atoms with E-state index in [0.29, 0.717) is 21.1 Å². The third-order valence-electron chi connectivity index (χ3n) is 4.55. The molecule has 0 aliphatic carbocycles. The molecule has 0 saturated heterocycles. The van der Waals surface area contributed by atoms with Crippen molar-refractivity contribution in [3.63, 3.8) is 0 Å². The van der Waals surface area contributed by atoms with Crippen LogP contribution in [0, 0.1) is 13.8 Å². The molecule has 0 saturated carbocycles. The van der Waals surface area contributed by atoms with E-state index in [-0.39, 0.29) is 23.0 Å². The quantitative estimate of drug-likeness (QED) is 0.239. The molecule has 0 radical (unpaired) electrons. The Balaban J connectivity index is 1.51. The number of carbonyl (C=O) groups is 1. The molecule has 30 heavy (non-hydrogen) atoms. The number of hydrogen-bond donors (Lipinski definition) is 3. The van der Waals surface area contributed by atoms with Gasteiger partial charge >= 0.3 is 0 Å². The van der Waals surface area contributed by atoms with Crippen LogP contribution in [0.2, 0.25) is 0 Å². The maximum atomic E-state index is 12.7. The van der Waals surface area contributed by atoms with Crippen LogP contribution in [0.1, 0.15) is 11.1 Å². The molecular weight excluding hydrogens is 418 g/mol. The number of carbonyl (C=O) groups excluding carboxylic acids is 1. The second-order valence-electron chi connectivity index (χ2n) is 6.92. The number of nitrogens with zero attached hydrogens (tertiary/aromatic N) is 1. The molecule has 6 nitrogen and oxygen atoms in total. The van der Waals surface area contributed by atoms with Crippen LogP contribution >= 0.6 is 23.1 Å². The number of thiophene rings is 1. The number of phenols is 1. The van der Waals surface area contributed by atoms with E-state index in [2.05, 4.69) is 15.3 Å². The first-order valence-electron chi connectivity index (χ1n) is 9.21. The van der Waals surface area contributed by atoms with Gasteiger partial charge in [-0.15, -0.1) is 11.3 Å². The summed E-state index contributed by atoms with van der Waals surface area (Å²) in [6.45, 7) is 3.89. The molecule has 0 aliphatic rings. The predicted octanol–water partition coefficient (Wildman–Crippen LogP) is 4.70. The molecule has 0 fully saturated rings. The molecule has 0 atom stereocenters. The smallest absolute Gasteiger partial charge is 0.260 e. The zero-order chi connectivity index (χ0) is 21.3. The molecule has 2 aromatic carbocycles. The number of aromatic hydroxyl groups is 1. The van der Waals surface area contributed by atoms with Crippen LogP contribution in [-0.2, 0) is 4.79 Å². The molecular formula is C22H19N3O3S2. The van der Waals surface area contributed by atoms with Gasteiger partial charge in [0.15, 0.2) is 5.16 Å². The fourth-order valence-electron chi connectivity index (χ4n) is 3.01. The number of rotatable bonds is 5. The number of amides is 1. The number of thioether (sulfide) groups is 1. The maximum Gasteiger partial charge on any atom is 0.260 e. The molecule has 152 valence electrons. The zero-order valence-electron chi connectivity index (χ0n) is 16.4. The van der Waals surface area contributed by atoms with Gasteiger partial charge in [0.1, 0.15) is 10.6 Å².